The second-order valence-corrected chi connectivity index (χ2v) is 5.41. The standard InChI is InChI=1S/C7H8ClN5S2/c1-13-6(9)11-12-7(13)14-3-4-2-10-5(8)15-4/h2H,3H2,1H3,(H2,9,11). The third kappa shape index (κ3) is 2.42. The Morgan fingerprint density at radius 3 is 2.93 bits per heavy atom. The van der Waals surface area contributed by atoms with Gasteiger partial charge >= 0.3 is 0 Å². The Bertz CT molecular complexity index is 466. The van der Waals surface area contributed by atoms with E-state index in [4.69, 9.17) is 17.3 Å². The first-order valence-electron chi connectivity index (χ1n) is 4.04. The van der Waals surface area contributed by atoms with Gasteiger partial charge in [0.1, 0.15) is 0 Å². The van der Waals surface area contributed by atoms with Crippen molar-refractivity contribution in [3.63, 3.8) is 0 Å². The summed E-state index contributed by atoms with van der Waals surface area (Å²) in [6, 6.07) is 0. The quantitative estimate of drug-likeness (QED) is 0.854. The van der Waals surface area contributed by atoms with E-state index < -0.39 is 0 Å². The van der Waals surface area contributed by atoms with Crippen molar-refractivity contribution in [3.8, 4) is 0 Å². The molecule has 0 radical (unpaired) electrons. The van der Waals surface area contributed by atoms with E-state index in [-0.39, 0.29) is 0 Å². The largest absolute Gasteiger partial charge is 0.368 e. The van der Waals surface area contributed by atoms with Crippen LogP contribution in [0.4, 0.5) is 5.95 Å². The molecule has 0 aliphatic rings. The number of rotatable bonds is 3. The molecule has 2 N–H and O–H groups in total. The molecule has 80 valence electrons. The molecule has 0 aromatic carbocycles. The van der Waals surface area contributed by atoms with Crippen molar-refractivity contribution < 1.29 is 0 Å². The van der Waals surface area contributed by atoms with Gasteiger partial charge in [-0.25, -0.2) is 4.98 Å². The molecule has 2 aromatic rings. The zero-order valence-electron chi connectivity index (χ0n) is 7.85. The number of hydrogen-bond donors (Lipinski definition) is 1. The average molecular weight is 262 g/mol. The van der Waals surface area contributed by atoms with Crippen molar-refractivity contribution in [1.82, 2.24) is 19.7 Å². The molecule has 0 fully saturated rings. The van der Waals surface area contributed by atoms with Gasteiger partial charge in [0.2, 0.25) is 5.95 Å². The molecular weight excluding hydrogens is 254 g/mol. The maximum absolute atomic E-state index is 5.72. The molecule has 0 aliphatic carbocycles. The van der Waals surface area contributed by atoms with Crippen LogP contribution in [0.1, 0.15) is 4.88 Å². The van der Waals surface area contributed by atoms with Gasteiger partial charge in [0.15, 0.2) is 9.62 Å². The molecule has 0 aliphatic heterocycles. The number of nitrogens with two attached hydrogens (primary N) is 1. The summed E-state index contributed by atoms with van der Waals surface area (Å²) in [6.07, 6.45) is 1.76. The summed E-state index contributed by atoms with van der Waals surface area (Å²) in [5.74, 6) is 1.19. The first-order chi connectivity index (χ1) is 7.16. The van der Waals surface area contributed by atoms with Crippen LogP contribution >= 0.6 is 34.7 Å². The van der Waals surface area contributed by atoms with Crippen molar-refractivity contribution in [2.45, 2.75) is 10.9 Å². The lowest BCUT2D eigenvalue weighted by Crippen LogP contribution is -1.97. The van der Waals surface area contributed by atoms with Crippen molar-refractivity contribution in [1.29, 1.82) is 0 Å². The topological polar surface area (TPSA) is 69.6 Å². The van der Waals surface area contributed by atoms with Crippen LogP contribution in [0.25, 0.3) is 0 Å². The summed E-state index contributed by atoms with van der Waals surface area (Å²) < 4.78 is 2.30. The number of aromatic nitrogens is 4. The molecule has 0 unspecified atom stereocenters. The van der Waals surface area contributed by atoms with E-state index in [2.05, 4.69) is 15.2 Å². The Kier molecular flexibility index (Phi) is 3.13. The molecule has 8 heteroatoms. The van der Waals surface area contributed by atoms with Crippen LogP contribution < -0.4 is 5.73 Å². The van der Waals surface area contributed by atoms with Gasteiger partial charge in [0, 0.05) is 23.9 Å². The first kappa shape index (κ1) is 10.7. The SMILES string of the molecule is Cn1c(N)nnc1SCc1cnc(Cl)s1. The lowest BCUT2D eigenvalue weighted by Gasteiger charge is -1.98. The molecule has 2 heterocycles. The van der Waals surface area contributed by atoms with E-state index in [0.29, 0.717) is 10.4 Å². The van der Waals surface area contributed by atoms with Crippen molar-refractivity contribution >= 4 is 40.6 Å². The zero-order chi connectivity index (χ0) is 10.8. The second-order valence-electron chi connectivity index (χ2n) is 2.77. The molecule has 5 nitrogen and oxygen atoms in total. The summed E-state index contributed by atoms with van der Waals surface area (Å²) in [6.45, 7) is 0. The summed E-state index contributed by atoms with van der Waals surface area (Å²) in [4.78, 5) is 5.06. The molecule has 2 rings (SSSR count). The van der Waals surface area contributed by atoms with Crippen molar-refractivity contribution in [2.24, 2.45) is 7.05 Å². The second kappa shape index (κ2) is 4.38. The molecule has 0 bridgehead atoms. The first-order valence-corrected chi connectivity index (χ1v) is 6.22. The summed E-state index contributed by atoms with van der Waals surface area (Å²) in [5, 5.41) is 8.49. The minimum atomic E-state index is 0.417. The van der Waals surface area contributed by atoms with E-state index in [1.807, 2.05) is 7.05 Å². The number of halogens is 1. The van der Waals surface area contributed by atoms with Crippen LogP contribution in [0.15, 0.2) is 11.4 Å². The molecule has 0 saturated heterocycles. The number of anilines is 1. The molecular formula is C7H8ClN5S2. The highest BCUT2D eigenvalue weighted by atomic mass is 35.5. The maximum atomic E-state index is 5.72. The molecule has 0 amide bonds. The van der Waals surface area contributed by atoms with Crippen LogP contribution in [0.5, 0.6) is 0 Å². The van der Waals surface area contributed by atoms with Crippen LogP contribution in [0, 0.1) is 0 Å². The van der Waals surface area contributed by atoms with E-state index in [0.717, 1.165) is 15.8 Å². The minimum absolute atomic E-state index is 0.417. The smallest absolute Gasteiger partial charge is 0.222 e. The van der Waals surface area contributed by atoms with Crippen molar-refractivity contribution in [3.05, 3.63) is 15.5 Å². The Morgan fingerprint density at radius 1 is 1.60 bits per heavy atom. The fraction of sp³-hybridized carbons (Fsp3) is 0.286. The van der Waals surface area contributed by atoms with Crippen LogP contribution in [-0.2, 0) is 12.8 Å². The van der Waals surface area contributed by atoms with Gasteiger partial charge in [0.05, 0.1) is 0 Å². The van der Waals surface area contributed by atoms with Gasteiger partial charge in [-0.15, -0.1) is 21.5 Å². The fourth-order valence-electron chi connectivity index (χ4n) is 0.938. The van der Waals surface area contributed by atoms with E-state index in [1.165, 1.54) is 11.3 Å². The van der Waals surface area contributed by atoms with Gasteiger partial charge in [-0.1, -0.05) is 23.4 Å². The lowest BCUT2D eigenvalue weighted by molar-refractivity contribution is 0.796. The summed E-state index contributed by atoms with van der Waals surface area (Å²) in [5.41, 5.74) is 5.56. The molecule has 15 heavy (non-hydrogen) atoms. The third-order valence-electron chi connectivity index (χ3n) is 1.74. The van der Waals surface area contributed by atoms with Gasteiger partial charge in [0.25, 0.3) is 0 Å². The van der Waals surface area contributed by atoms with E-state index >= 15 is 0 Å². The normalized spacial score (nSPS) is 10.8. The number of nitrogens with zero attached hydrogens (tertiary/aromatic N) is 4. The van der Waals surface area contributed by atoms with E-state index in [1.54, 1.807) is 22.5 Å². The molecule has 2 aromatic heterocycles. The average Bonchev–Trinajstić information content (AvgIpc) is 2.74. The monoisotopic (exact) mass is 261 g/mol. The highest BCUT2D eigenvalue weighted by Gasteiger charge is 2.07. The van der Waals surface area contributed by atoms with Gasteiger partial charge in [-0.05, 0) is 0 Å². The minimum Gasteiger partial charge on any atom is -0.368 e. The Balaban J connectivity index is 2.02. The predicted octanol–water partition coefficient (Wildman–Crippen LogP) is 1.80. The Hall–Kier alpha value is -0.790. The molecule has 0 atom stereocenters. The van der Waals surface area contributed by atoms with E-state index in [9.17, 15) is 0 Å². The van der Waals surface area contributed by atoms with Gasteiger partial charge < -0.3 is 5.73 Å². The molecule has 0 spiro atoms. The van der Waals surface area contributed by atoms with Crippen LogP contribution in [0.3, 0.4) is 0 Å². The number of thioether (sulfide) groups is 1. The lowest BCUT2D eigenvalue weighted by atomic mass is 10.6. The van der Waals surface area contributed by atoms with Crippen molar-refractivity contribution in [2.75, 3.05) is 5.73 Å². The Morgan fingerprint density at radius 2 is 2.40 bits per heavy atom. The highest BCUT2D eigenvalue weighted by molar-refractivity contribution is 7.98. The third-order valence-corrected chi connectivity index (χ3v) is 4.10. The van der Waals surface area contributed by atoms with Gasteiger partial charge in [-0.2, -0.15) is 0 Å². The predicted molar refractivity (Wildman–Crippen MR) is 62.1 cm³/mol. The number of nitrogen functional groups attached to an aromatic ring is 1. The number of thiazole rings is 1. The highest BCUT2D eigenvalue weighted by Crippen LogP contribution is 2.26. The Labute approximate surface area is 99.7 Å². The molecule has 0 saturated carbocycles. The summed E-state index contributed by atoms with van der Waals surface area (Å²) >= 11 is 8.74. The van der Waals surface area contributed by atoms with Crippen LogP contribution in [-0.4, -0.2) is 19.7 Å². The number of hydrogen-bond acceptors (Lipinski definition) is 6. The van der Waals surface area contributed by atoms with Gasteiger partial charge in [-0.3, -0.25) is 4.57 Å². The fourth-order valence-corrected chi connectivity index (χ4v) is 2.86. The zero-order valence-corrected chi connectivity index (χ0v) is 10.2. The maximum Gasteiger partial charge on any atom is 0.222 e. The van der Waals surface area contributed by atoms with Crippen LogP contribution in [0.2, 0.25) is 4.47 Å². The summed E-state index contributed by atoms with van der Waals surface area (Å²) in [7, 11) is 1.83.